The molecule has 1 aromatic rings. The van der Waals surface area contributed by atoms with Crippen molar-refractivity contribution < 1.29 is 18.1 Å². The monoisotopic (exact) mass is 289 g/mol. The second kappa shape index (κ2) is 5.95. The molecule has 1 unspecified atom stereocenters. The van der Waals surface area contributed by atoms with Crippen LogP contribution >= 0.6 is 0 Å². The highest BCUT2D eigenvalue weighted by Gasteiger charge is 2.20. The molecule has 9 heteroatoms. The number of nitrogens with one attached hydrogen (secondary N) is 1. The van der Waals surface area contributed by atoms with Crippen LogP contribution in [0.3, 0.4) is 0 Å². The van der Waals surface area contributed by atoms with Gasteiger partial charge in [0.25, 0.3) is 5.69 Å². The van der Waals surface area contributed by atoms with E-state index in [9.17, 15) is 18.5 Å². The molecular weight excluding hydrogens is 274 g/mol. The first-order valence-corrected chi connectivity index (χ1v) is 6.81. The first kappa shape index (κ1) is 15.3. The first-order valence-electron chi connectivity index (χ1n) is 5.33. The van der Waals surface area contributed by atoms with E-state index >= 15 is 0 Å². The lowest BCUT2D eigenvalue weighted by Gasteiger charge is -2.13. The number of sulfonamides is 1. The van der Waals surface area contributed by atoms with Crippen LogP contribution in [0.25, 0.3) is 0 Å². The second-order valence-corrected chi connectivity index (χ2v) is 5.67. The molecule has 0 aliphatic heterocycles. The Morgan fingerprint density at radius 3 is 2.63 bits per heavy atom. The van der Waals surface area contributed by atoms with Crippen molar-refractivity contribution in [3.63, 3.8) is 0 Å². The molecule has 19 heavy (non-hydrogen) atoms. The maximum Gasteiger partial charge on any atom is 0.292 e. The zero-order chi connectivity index (χ0) is 14.6. The largest absolute Gasteiger partial charge is 0.393 e. The lowest BCUT2D eigenvalue weighted by molar-refractivity contribution is -0.383. The summed E-state index contributed by atoms with van der Waals surface area (Å²) in [6.07, 6.45) is 0. The molecule has 0 spiro atoms. The van der Waals surface area contributed by atoms with Crippen LogP contribution in [0, 0.1) is 10.1 Å². The van der Waals surface area contributed by atoms with Crippen LogP contribution < -0.4 is 10.5 Å². The van der Waals surface area contributed by atoms with E-state index in [1.165, 1.54) is 7.11 Å². The topological polar surface area (TPSA) is 125 Å². The molecule has 0 aliphatic rings. The Hall–Kier alpha value is -1.71. The SMILES string of the molecule is COCC(C)NS(=O)(=O)c1ccc([N+](=O)[O-])c(N)c1. The van der Waals surface area contributed by atoms with Gasteiger partial charge >= 0.3 is 0 Å². The average molecular weight is 289 g/mol. The van der Waals surface area contributed by atoms with Gasteiger partial charge in [0.1, 0.15) is 5.69 Å². The summed E-state index contributed by atoms with van der Waals surface area (Å²) in [5.74, 6) is 0. The second-order valence-electron chi connectivity index (χ2n) is 3.96. The predicted molar refractivity (Wildman–Crippen MR) is 69.2 cm³/mol. The molecule has 8 nitrogen and oxygen atoms in total. The molecule has 0 saturated carbocycles. The van der Waals surface area contributed by atoms with Gasteiger partial charge in [-0.3, -0.25) is 10.1 Å². The van der Waals surface area contributed by atoms with Gasteiger partial charge in [0.15, 0.2) is 0 Å². The molecule has 1 atom stereocenters. The van der Waals surface area contributed by atoms with Gasteiger partial charge < -0.3 is 10.5 Å². The standard InChI is InChI=1S/C10H15N3O5S/c1-7(6-18-2)12-19(16,17)8-3-4-10(13(14)15)9(11)5-8/h3-5,7,12H,6,11H2,1-2H3. The molecule has 0 radical (unpaired) electrons. The molecule has 0 amide bonds. The van der Waals surface area contributed by atoms with Crippen molar-refractivity contribution in [1.82, 2.24) is 4.72 Å². The third-order valence-corrected chi connectivity index (χ3v) is 3.87. The van der Waals surface area contributed by atoms with Crippen LogP contribution in [0.15, 0.2) is 23.1 Å². The molecule has 0 heterocycles. The summed E-state index contributed by atoms with van der Waals surface area (Å²) >= 11 is 0. The molecule has 0 bridgehead atoms. The van der Waals surface area contributed by atoms with Crippen molar-refractivity contribution in [2.24, 2.45) is 0 Å². The van der Waals surface area contributed by atoms with E-state index < -0.39 is 21.0 Å². The van der Waals surface area contributed by atoms with E-state index in [1.54, 1.807) is 6.92 Å². The summed E-state index contributed by atoms with van der Waals surface area (Å²) in [5.41, 5.74) is 4.92. The maximum atomic E-state index is 12.0. The van der Waals surface area contributed by atoms with Gasteiger partial charge in [-0.2, -0.15) is 0 Å². The summed E-state index contributed by atoms with van der Waals surface area (Å²) < 4.78 is 31.1. The first-order chi connectivity index (χ1) is 8.77. The van der Waals surface area contributed by atoms with Crippen LogP contribution in [-0.4, -0.2) is 33.1 Å². The number of methoxy groups -OCH3 is 1. The number of rotatable bonds is 6. The highest BCUT2D eigenvalue weighted by molar-refractivity contribution is 7.89. The fourth-order valence-electron chi connectivity index (χ4n) is 1.48. The normalized spacial score (nSPS) is 13.2. The summed E-state index contributed by atoms with van der Waals surface area (Å²) in [5, 5.41) is 10.6. The van der Waals surface area contributed by atoms with Crippen LogP contribution in [-0.2, 0) is 14.8 Å². The fourth-order valence-corrected chi connectivity index (χ4v) is 2.75. The molecule has 0 aromatic heterocycles. The van der Waals surface area contributed by atoms with Gasteiger partial charge in [0.05, 0.1) is 16.4 Å². The lowest BCUT2D eigenvalue weighted by atomic mass is 10.3. The minimum absolute atomic E-state index is 0.126. The molecule has 106 valence electrons. The molecule has 1 rings (SSSR count). The third-order valence-electron chi connectivity index (χ3n) is 2.28. The van der Waals surface area contributed by atoms with Crippen molar-refractivity contribution in [3.05, 3.63) is 28.3 Å². The zero-order valence-corrected chi connectivity index (χ0v) is 11.3. The van der Waals surface area contributed by atoms with Gasteiger partial charge in [-0.15, -0.1) is 0 Å². The molecule has 0 saturated heterocycles. The summed E-state index contributed by atoms with van der Waals surface area (Å²) in [6.45, 7) is 1.84. The third kappa shape index (κ3) is 3.88. The maximum absolute atomic E-state index is 12.0. The van der Waals surface area contributed by atoms with Crippen molar-refractivity contribution in [1.29, 1.82) is 0 Å². The number of nitrogens with zero attached hydrogens (tertiary/aromatic N) is 1. The zero-order valence-electron chi connectivity index (χ0n) is 10.5. The van der Waals surface area contributed by atoms with Crippen molar-refractivity contribution >= 4 is 21.4 Å². The Labute approximate surface area is 110 Å². The predicted octanol–water partition coefficient (Wildman–Crippen LogP) is 0.490. The minimum atomic E-state index is -3.78. The van der Waals surface area contributed by atoms with E-state index in [4.69, 9.17) is 10.5 Å². The summed E-state index contributed by atoms with van der Waals surface area (Å²) in [7, 11) is -2.33. The summed E-state index contributed by atoms with van der Waals surface area (Å²) in [4.78, 5) is 9.79. The molecule has 0 fully saturated rings. The Morgan fingerprint density at radius 1 is 1.53 bits per heavy atom. The molecular formula is C10H15N3O5S. The lowest BCUT2D eigenvalue weighted by Crippen LogP contribution is -2.35. The number of nitrogens with two attached hydrogens (primary N) is 1. The Bertz CT molecular complexity index is 573. The van der Waals surface area contributed by atoms with E-state index in [-0.39, 0.29) is 22.9 Å². The summed E-state index contributed by atoms with van der Waals surface area (Å²) in [6, 6.07) is 2.83. The number of anilines is 1. The van der Waals surface area contributed by atoms with Gasteiger partial charge in [0.2, 0.25) is 10.0 Å². The van der Waals surface area contributed by atoms with Crippen molar-refractivity contribution in [2.75, 3.05) is 19.5 Å². The fraction of sp³-hybridized carbons (Fsp3) is 0.400. The minimum Gasteiger partial charge on any atom is -0.393 e. The van der Waals surface area contributed by atoms with Crippen LogP contribution in [0.1, 0.15) is 6.92 Å². The van der Waals surface area contributed by atoms with Gasteiger partial charge in [-0.05, 0) is 19.1 Å². The highest BCUT2D eigenvalue weighted by Crippen LogP contribution is 2.24. The number of hydrogen-bond donors (Lipinski definition) is 2. The van der Waals surface area contributed by atoms with E-state index in [1.807, 2.05) is 0 Å². The van der Waals surface area contributed by atoms with Crippen molar-refractivity contribution in [2.45, 2.75) is 17.9 Å². The van der Waals surface area contributed by atoms with Crippen LogP contribution in [0.5, 0.6) is 0 Å². The smallest absolute Gasteiger partial charge is 0.292 e. The van der Waals surface area contributed by atoms with Crippen molar-refractivity contribution in [3.8, 4) is 0 Å². The van der Waals surface area contributed by atoms with E-state index in [2.05, 4.69) is 4.72 Å². The van der Waals surface area contributed by atoms with Gasteiger partial charge in [0, 0.05) is 19.2 Å². The van der Waals surface area contributed by atoms with Crippen LogP contribution in [0.4, 0.5) is 11.4 Å². The number of benzene rings is 1. The van der Waals surface area contributed by atoms with Crippen LogP contribution in [0.2, 0.25) is 0 Å². The highest BCUT2D eigenvalue weighted by atomic mass is 32.2. The Balaban J connectivity index is 3.03. The molecule has 3 N–H and O–H groups in total. The van der Waals surface area contributed by atoms with E-state index in [0.717, 1.165) is 18.2 Å². The van der Waals surface area contributed by atoms with E-state index in [0.29, 0.717) is 0 Å². The number of ether oxygens (including phenoxy) is 1. The molecule has 1 aromatic carbocycles. The average Bonchev–Trinajstić information content (AvgIpc) is 2.27. The number of nitrogen functional groups attached to an aromatic ring is 1. The Morgan fingerprint density at radius 2 is 2.16 bits per heavy atom. The van der Waals surface area contributed by atoms with Gasteiger partial charge in [-0.25, -0.2) is 13.1 Å². The van der Waals surface area contributed by atoms with Gasteiger partial charge in [-0.1, -0.05) is 0 Å². The quantitative estimate of drug-likeness (QED) is 0.446. The molecule has 0 aliphatic carbocycles. The number of hydrogen-bond acceptors (Lipinski definition) is 6. The number of nitro groups is 1. The number of nitro benzene ring substituents is 1. The Kier molecular flexibility index (Phi) is 4.81.